The first-order valence-corrected chi connectivity index (χ1v) is 15.5. The van der Waals surface area contributed by atoms with Crippen molar-refractivity contribution in [1.82, 2.24) is 29.3 Å². The minimum absolute atomic E-state index is 0.638. The molecule has 0 N–H and O–H groups in total. The summed E-state index contributed by atoms with van der Waals surface area (Å²) in [5.41, 5.74) is 10.8. The Hall–Kier alpha value is -6.53. The zero-order chi connectivity index (χ0) is 31.2. The normalized spacial score (nSPS) is 11.4. The van der Waals surface area contributed by atoms with E-state index in [0.29, 0.717) is 17.5 Å². The maximum absolute atomic E-state index is 5.12. The number of benzene rings is 5. The second-order valence-corrected chi connectivity index (χ2v) is 11.4. The monoisotopic (exact) mass is 602 g/mol. The number of hydrogen-bond donors (Lipinski definition) is 0. The van der Waals surface area contributed by atoms with Crippen LogP contribution in [0.25, 0.3) is 84.1 Å². The summed E-state index contributed by atoms with van der Waals surface area (Å²) in [6.07, 6.45) is 2.05. The van der Waals surface area contributed by atoms with Crippen molar-refractivity contribution in [3.63, 3.8) is 0 Å². The van der Waals surface area contributed by atoms with Crippen LogP contribution in [0.15, 0.2) is 158 Å². The van der Waals surface area contributed by atoms with Crippen molar-refractivity contribution in [2.24, 2.45) is 0 Å². The Bertz CT molecular complexity index is 2480. The molecule has 0 fully saturated rings. The highest BCUT2D eigenvalue weighted by Gasteiger charge is 2.17. The average Bonchev–Trinajstić information content (AvgIpc) is 3.55. The maximum atomic E-state index is 5.12. The molecule has 220 valence electrons. The topological polar surface area (TPSA) is 68.9 Å². The van der Waals surface area contributed by atoms with Crippen LogP contribution in [0.5, 0.6) is 0 Å². The predicted octanol–water partition coefficient (Wildman–Crippen LogP) is 9.56. The average molecular weight is 603 g/mol. The molecule has 0 spiro atoms. The van der Waals surface area contributed by atoms with Crippen LogP contribution in [0.3, 0.4) is 0 Å². The molecule has 0 saturated heterocycles. The molecule has 0 aliphatic rings. The van der Waals surface area contributed by atoms with Crippen molar-refractivity contribution in [3.8, 4) is 56.5 Å². The van der Waals surface area contributed by atoms with Crippen LogP contribution in [-0.2, 0) is 0 Å². The van der Waals surface area contributed by atoms with E-state index in [4.69, 9.17) is 24.9 Å². The summed E-state index contributed by atoms with van der Waals surface area (Å²) in [7, 11) is 0. The molecule has 47 heavy (non-hydrogen) atoms. The van der Waals surface area contributed by atoms with E-state index in [9.17, 15) is 0 Å². The molecule has 0 bridgehead atoms. The van der Waals surface area contributed by atoms with E-state index in [0.717, 1.165) is 66.7 Å². The van der Waals surface area contributed by atoms with Gasteiger partial charge in [-0.1, -0.05) is 133 Å². The summed E-state index contributed by atoms with van der Waals surface area (Å²) in [6, 6.07) is 51.3. The van der Waals surface area contributed by atoms with E-state index in [1.54, 1.807) is 0 Å². The van der Waals surface area contributed by atoms with E-state index in [1.165, 1.54) is 0 Å². The quantitative estimate of drug-likeness (QED) is 0.196. The van der Waals surface area contributed by atoms with Crippen molar-refractivity contribution in [2.45, 2.75) is 0 Å². The lowest BCUT2D eigenvalue weighted by atomic mass is 10.0. The van der Waals surface area contributed by atoms with Gasteiger partial charge in [0.1, 0.15) is 11.2 Å². The minimum atomic E-state index is 0.638. The second-order valence-electron chi connectivity index (χ2n) is 11.4. The van der Waals surface area contributed by atoms with Gasteiger partial charge in [0.2, 0.25) is 0 Å². The molecule has 0 aliphatic heterocycles. The van der Waals surface area contributed by atoms with E-state index >= 15 is 0 Å². The van der Waals surface area contributed by atoms with Crippen LogP contribution in [0.2, 0.25) is 0 Å². The molecule has 0 aliphatic carbocycles. The fourth-order valence-electron chi connectivity index (χ4n) is 6.13. The van der Waals surface area contributed by atoms with Crippen LogP contribution in [-0.4, -0.2) is 29.3 Å². The van der Waals surface area contributed by atoms with Crippen molar-refractivity contribution in [3.05, 3.63) is 158 Å². The molecule has 4 aromatic heterocycles. The summed E-state index contributed by atoms with van der Waals surface area (Å²) < 4.78 is 2.13. The van der Waals surface area contributed by atoms with Gasteiger partial charge >= 0.3 is 0 Å². The van der Waals surface area contributed by atoms with Crippen LogP contribution >= 0.6 is 0 Å². The first-order valence-electron chi connectivity index (χ1n) is 15.5. The Kier molecular flexibility index (Phi) is 6.35. The highest BCUT2D eigenvalue weighted by molar-refractivity contribution is 6.09. The summed E-state index contributed by atoms with van der Waals surface area (Å²) in [5, 5.41) is 1.05. The van der Waals surface area contributed by atoms with Gasteiger partial charge in [0.25, 0.3) is 0 Å². The van der Waals surface area contributed by atoms with Gasteiger partial charge in [-0.15, -0.1) is 0 Å². The Labute approximate surface area is 270 Å². The van der Waals surface area contributed by atoms with E-state index < -0.39 is 0 Å². The standard InChI is InChI=1S/C41H26N6/c1-3-11-30(12-4-1)39-44-40(31-13-5-2-6-14-31)46-41(45-39)32-24-20-28(21-25-32)27-18-22-29(23-19-27)36-38-37(33-15-7-8-16-34(33)42-36)43-35-17-9-10-26-47(35)38/h1-26H. The molecule has 6 heteroatoms. The molecule has 9 rings (SSSR count). The van der Waals surface area contributed by atoms with Gasteiger partial charge in [0.15, 0.2) is 17.5 Å². The van der Waals surface area contributed by atoms with Gasteiger partial charge < -0.3 is 0 Å². The molecular formula is C41H26N6. The lowest BCUT2D eigenvalue weighted by molar-refractivity contribution is 1.07. The molecule has 4 heterocycles. The molecule has 0 unspecified atom stereocenters. The number of nitrogens with zero attached hydrogens (tertiary/aromatic N) is 6. The molecule has 5 aromatic carbocycles. The minimum Gasteiger partial charge on any atom is -0.298 e. The van der Waals surface area contributed by atoms with Crippen LogP contribution < -0.4 is 0 Å². The molecule has 0 amide bonds. The number of para-hydroxylation sites is 1. The number of aromatic nitrogens is 6. The summed E-state index contributed by atoms with van der Waals surface area (Å²) >= 11 is 0. The number of hydrogen-bond acceptors (Lipinski definition) is 5. The molecule has 0 radical (unpaired) electrons. The van der Waals surface area contributed by atoms with Gasteiger partial charge in [-0.3, -0.25) is 4.40 Å². The lowest BCUT2D eigenvalue weighted by Crippen LogP contribution is -2.00. The van der Waals surface area contributed by atoms with Crippen LogP contribution in [0.1, 0.15) is 0 Å². The van der Waals surface area contributed by atoms with E-state index in [-0.39, 0.29) is 0 Å². The zero-order valence-corrected chi connectivity index (χ0v) is 25.2. The van der Waals surface area contributed by atoms with E-state index in [2.05, 4.69) is 71.3 Å². The van der Waals surface area contributed by atoms with Crippen LogP contribution in [0.4, 0.5) is 0 Å². The van der Waals surface area contributed by atoms with Crippen LogP contribution in [0, 0.1) is 0 Å². The number of pyridine rings is 2. The van der Waals surface area contributed by atoms with Gasteiger partial charge in [0, 0.05) is 33.8 Å². The lowest BCUT2D eigenvalue weighted by Gasteiger charge is -2.10. The Morgan fingerprint density at radius 1 is 0.362 bits per heavy atom. The van der Waals surface area contributed by atoms with Gasteiger partial charge in [-0.05, 0) is 29.3 Å². The molecule has 6 nitrogen and oxygen atoms in total. The van der Waals surface area contributed by atoms with Gasteiger partial charge in [0.05, 0.1) is 16.7 Å². The number of rotatable bonds is 5. The first kappa shape index (κ1) is 26.8. The maximum Gasteiger partial charge on any atom is 0.164 e. The molecule has 9 aromatic rings. The third-order valence-corrected chi connectivity index (χ3v) is 8.48. The summed E-state index contributed by atoms with van der Waals surface area (Å²) in [5.74, 6) is 1.94. The van der Waals surface area contributed by atoms with Crippen molar-refractivity contribution in [1.29, 1.82) is 0 Å². The molecule has 0 atom stereocenters. The van der Waals surface area contributed by atoms with Gasteiger partial charge in [-0.2, -0.15) is 0 Å². The Morgan fingerprint density at radius 2 is 0.851 bits per heavy atom. The van der Waals surface area contributed by atoms with Gasteiger partial charge in [-0.25, -0.2) is 24.9 Å². The fraction of sp³-hybridized carbons (Fsp3) is 0. The van der Waals surface area contributed by atoms with Crippen molar-refractivity contribution < 1.29 is 0 Å². The van der Waals surface area contributed by atoms with Crippen molar-refractivity contribution in [2.75, 3.05) is 0 Å². The Balaban J connectivity index is 1.08. The molecular weight excluding hydrogens is 576 g/mol. The highest BCUT2D eigenvalue weighted by Crippen LogP contribution is 2.34. The fourth-order valence-corrected chi connectivity index (χ4v) is 6.13. The summed E-state index contributed by atoms with van der Waals surface area (Å²) in [6.45, 7) is 0. The van der Waals surface area contributed by atoms with Crippen molar-refractivity contribution >= 4 is 27.6 Å². The second kappa shape index (κ2) is 11.1. The highest BCUT2D eigenvalue weighted by atomic mass is 15.0. The third kappa shape index (κ3) is 4.80. The Morgan fingerprint density at radius 3 is 1.47 bits per heavy atom. The predicted molar refractivity (Wildman–Crippen MR) is 189 cm³/mol. The molecule has 0 saturated carbocycles. The third-order valence-electron chi connectivity index (χ3n) is 8.48. The first-order chi connectivity index (χ1) is 23.3. The smallest absolute Gasteiger partial charge is 0.164 e. The zero-order valence-electron chi connectivity index (χ0n) is 25.2. The number of imidazole rings is 1. The largest absolute Gasteiger partial charge is 0.298 e. The SMILES string of the molecule is c1ccc(-c2nc(-c3ccccc3)nc(-c3ccc(-c4ccc(-c5nc6ccccc6c6nc7ccccn7c56)cc4)cc3)n2)cc1. The number of fused-ring (bicyclic) bond motifs is 5. The summed E-state index contributed by atoms with van der Waals surface area (Å²) in [4.78, 5) is 24.7. The van der Waals surface area contributed by atoms with E-state index in [1.807, 2.05) is 91.0 Å².